The highest BCUT2D eigenvalue weighted by atomic mass is 32.1. The molecule has 38 heavy (non-hydrogen) atoms. The van der Waals surface area contributed by atoms with Crippen LogP contribution >= 0.6 is 11.3 Å². The monoisotopic (exact) mass is 572 g/mol. The molecule has 2 fully saturated rings. The Morgan fingerprint density at radius 3 is 2.13 bits per heavy atom. The van der Waals surface area contributed by atoms with E-state index in [9.17, 15) is 26.3 Å². The van der Waals surface area contributed by atoms with E-state index in [1.807, 2.05) is 29.8 Å². The van der Waals surface area contributed by atoms with E-state index in [1.165, 1.54) is 24.3 Å². The lowest BCUT2D eigenvalue weighted by molar-refractivity contribution is -0.193. The number of alkyl halides is 6. The maximum absolute atomic E-state index is 10.6. The van der Waals surface area contributed by atoms with Crippen LogP contribution in [0.4, 0.5) is 32.3 Å². The Hall–Kier alpha value is -2.98. The maximum Gasteiger partial charge on any atom is 0.490 e. The van der Waals surface area contributed by atoms with Crippen molar-refractivity contribution in [3.63, 3.8) is 0 Å². The van der Waals surface area contributed by atoms with Gasteiger partial charge in [0.15, 0.2) is 0 Å². The van der Waals surface area contributed by atoms with Gasteiger partial charge in [0, 0.05) is 48.9 Å². The van der Waals surface area contributed by atoms with Crippen molar-refractivity contribution < 1.29 is 50.9 Å². The van der Waals surface area contributed by atoms with Crippen LogP contribution in [0.15, 0.2) is 36.0 Å². The van der Waals surface area contributed by atoms with Gasteiger partial charge >= 0.3 is 24.3 Å². The van der Waals surface area contributed by atoms with Gasteiger partial charge in [0.05, 0.1) is 13.2 Å². The van der Waals surface area contributed by atoms with Crippen molar-refractivity contribution in [2.45, 2.75) is 31.7 Å². The van der Waals surface area contributed by atoms with E-state index >= 15 is 0 Å². The molecule has 212 valence electrons. The van der Waals surface area contributed by atoms with Crippen LogP contribution in [0.2, 0.25) is 0 Å². The zero-order chi connectivity index (χ0) is 28.4. The molecule has 0 saturated carbocycles. The van der Waals surface area contributed by atoms with E-state index in [0.29, 0.717) is 0 Å². The first-order valence-corrected chi connectivity index (χ1v) is 12.0. The number of aliphatic carboxylic acids is 2. The number of carboxylic acids is 2. The van der Waals surface area contributed by atoms with Gasteiger partial charge in [-0.15, -0.1) is 11.3 Å². The van der Waals surface area contributed by atoms with E-state index in [0.717, 1.165) is 45.3 Å². The fraction of sp³-hybridized carbons (Fsp3) is 0.545. The molecule has 2 aliphatic heterocycles. The van der Waals surface area contributed by atoms with E-state index in [4.69, 9.17) is 24.5 Å². The number of hydrogen-bond donors (Lipinski definition) is 2. The van der Waals surface area contributed by atoms with E-state index < -0.39 is 24.3 Å². The Bertz CT molecular complexity index is 986. The Balaban J connectivity index is 0.000000301. The SMILES string of the molecule is O=C(O)C(F)(F)F.O=C(O)C(F)(F)F.c1cnc(N2CCOCC3(CCCN(Cc4cccs4)C3)C2)nc1. The van der Waals surface area contributed by atoms with E-state index in [-0.39, 0.29) is 5.41 Å². The van der Waals surface area contributed by atoms with Crippen molar-refractivity contribution in [3.8, 4) is 0 Å². The molecule has 1 spiro atoms. The van der Waals surface area contributed by atoms with Crippen LogP contribution in [0.3, 0.4) is 0 Å². The van der Waals surface area contributed by atoms with Crippen molar-refractivity contribution in [2.75, 3.05) is 44.3 Å². The molecule has 2 aromatic heterocycles. The van der Waals surface area contributed by atoms with Crippen molar-refractivity contribution in [3.05, 3.63) is 40.8 Å². The molecular weight excluding hydrogens is 546 g/mol. The first-order valence-electron chi connectivity index (χ1n) is 11.2. The molecule has 4 rings (SSSR count). The number of piperidine rings is 1. The summed E-state index contributed by atoms with van der Waals surface area (Å²) in [6.07, 6.45) is -4.06. The van der Waals surface area contributed by atoms with Crippen LogP contribution in [0.5, 0.6) is 0 Å². The molecule has 16 heteroatoms. The van der Waals surface area contributed by atoms with Crippen molar-refractivity contribution in [1.29, 1.82) is 0 Å². The molecule has 4 heterocycles. The quantitative estimate of drug-likeness (QED) is 0.528. The molecule has 2 aromatic rings. The number of nitrogens with zero attached hydrogens (tertiary/aromatic N) is 4. The summed E-state index contributed by atoms with van der Waals surface area (Å²) in [5, 5.41) is 16.4. The Labute approximate surface area is 217 Å². The predicted molar refractivity (Wildman–Crippen MR) is 124 cm³/mol. The number of rotatable bonds is 3. The highest BCUT2D eigenvalue weighted by Gasteiger charge is 2.40. The number of likely N-dealkylation sites (tertiary alicyclic amines) is 1. The third-order valence-corrected chi connectivity index (χ3v) is 6.32. The molecule has 1 atom stereocenters. The zero-order valence-corrected chi connectivity index (χ0v) is 20.7. The number of ether oxygens (including phenoxy) is 1. The van der Waals surface area contributed by atoms with Gasteiger partial charge in [-0.05, 0) is 36.9 Å². The van der Waals surface area contributed by atoms with Gasteiger partial charge in [0.25, 0.3) is 0 Å². The van der Waals surface area contributed by atoms with Gasteiger partial charge in [0.2, 0.25) is 5.95 Å². The third kappa shape index (κ3) is 10.4. The largest absolute Gasteiger partial charge is 0.490 e. The summed E-state index contributed by atoms with van der Waals surface area (Å²) < 4.78 is 69.5. The molecule has 9 nitrogen and oxygen atoms in total. The molecular formula is C22H26F6N4O5S. The lowest BCUT2D eigenvalue weighted by Gasteiger charge is -2.43. The Kier molecular flexibility index (Phi) is 11.3. The van der Waals surface area contributed by atoms with Crippen molar-refractivity contribution in [2.24, 2.45) is 5.41 Å². The molecule has 0 bridgehead atoms. The van der Waals surface area contributed by atoms with Gasteiger partial charge in [0.1, 0.15) is 0 Å². The van der Waals surface area contributed by atoms with Crippen molar-refractivity contribution in [1.82, 2.24) is 14.9 Å². The van der Waals surface area contributed by atoms with Crippen LogP contribution < -0.4 is 4.90 Å². The fourth-order valence-corrected chi connectivity index (χ4v) is 4.68. The number of carbonyl (C=O) groups is 2. The number of carboxylic acid groups (broad SMARTS) is 2. The molecule has 1 unspecified atom stereocenters. The zero-order valence-electron chi connectivity index (χ0n) is 19.9. The minimum absolute atomic E-state index is 0.186. The maximum atomic E-state index is 10.6. The lowest BCUT2D eigenvalue weighted by Crippen LogP contribution is -2.50. The van der Waals surface area contributed by atoms with Crippen molar-refractivity contribution >= 4 is 29.2 Å². The normalized spacial score (nSPS) is 20.4. The summed E-state index contributed by atoms with van der Waals surface area (Å²) in [5.41, 5.74) is 0.186. The van der Waals surface area contributed by atoms with E-state index in [1.54, 1.807) is 0 Å². The Morgan fingerprint density at radius 1 is 1.00 bits per heavy atom. The van der Waals surface area contributed by atoms with Gasteiger partial charge in [-0.2, -0.15) is 26.3 Å². The summed E-state index contributed by atoms with van der Waals surface area (Å²) >= 11 is 1.85. The highest BCUT2D eigenvalue weighted by molar-refractivity contribution is 7.09. The smallest absolute Gasteiger partial charge is 0.475 e. The molecule has 0 amide bonds. The molecule has 2 saturated heterocycles. The van der Waals surface area contributed by atoms with E-state index in [2.05, 4.69) is 37.3 Å². The van der Waals surface area contributed by atoms with Crippen LogP contribution in [0, 0.1) is 5.41 Å². The third-order valence-electron chi connectivity index (χ3n) is 5.46. The summed E-state index contributed by atoms with van der Waals surface area (Å²) in [4.78, 5) is 33.0. The second kappa shape index (κ2) is 13.7. The van der Waals surface area contributed by atoms with Crippen LogP contribution in [0.1, 0.15) is 17.7 Å². The molecule has 0 aliphatic carbocycles. The van der Waals surface area contributed by atoms with Gasteiger partial charge in [-0.3, -0.25) is 4.90 Å². The molecule has 0 radical (unpaired) electrons. The number of aromatic nitrogens is 2. The highest BCUT2D eigenvalue weighted by Crippen LogP contribution is 2.34. The van der Waals surface area contributed by atoms with Crippen LogP contribution in [-0.4, -0.2) is 88.8 Å². The summed E-state index contributed by atoms with van der Waals surface area (Å²) in [5.74, 6) is -4.68. The molecule has 2 N–H and O–H groups in total. The minimum Gasteiger partial charge on any atom is -0.475 e. The van der Waals surface area contributed by atoms with Crippen LogP contribution in [-0.2, 0) is 20.9 Å². The first-order chi connectivity index (χ1) is 17.7. The Morgan fingerprint density at radius 2 is 1.61 bits per heavy atom. The van der Waals surface area contributed by atoms with Gasteiger partial charge in [-0.1, -0.05) is 6.07 Å². The first kappa shape index (κ1) is 31.2. The number of halogens is 6. The average Bonchev–Trinajstić information content (AvgIpc) is 3.26. The fourth-order valence-electron chi connectivity index (χ4n) is 3.93. The number of thiophene rings is 1. The standard InChI is InChI=1S/C18H24N4OS.2C2HF3O2/c1-4-16(24-11-1)12-21-8-2-5-18(13-21)14-22(9-10-23-15-18)17-19-6-3-7-20-17;2*3-2(4,5)1(6)7/h1,3-4,6-7,11H,2,5,8-10,12-15H2;2*(H,6,7). The number of anilines is 1. The lowest BCUT2D eigenvalue weighted by atomic mass is 9.80. The molecule has 2 aliphatic rings. The summed E-state index contributed by atoms with van der Waals surface area (Å²) in [6.45, 7) is 6.79. The minimum atomic E-state index is -5.08. The van der Waals surface area contributed by atoms with Gasteiger partial charge in [-0.25, -0.2) is 19.6 Å². The van der Waals surface area contributed by atoms with Gasteiger partial charge < -0.3 is 19.8 Å². The average molecular weight is 573 g/mol. The molecule has 0 aromatic carbocycles. The number of hydrogen-bond acceptors (Lipinski definition) is 8. The van der Waals surface area contributed by atoms with Crippen LogP contribution in [0.25, 0.3) is 0 Å². The summed E-state index contributed by atoms with van der Waals surface area (Å²) in [7, 11) is 0. The predicted octanol–water partition coefficient (Wildman–Crippen LogP) is 3.92. The topological polar surface area (TPSA) is 116 Å². The second-order valence-corrected chi connectivity index (χ2v) is 9.55. The summed E-state index contributed by atoms with van der Waals surface area (Å²) in [6, 6.07) is 6.25. The second-order valence-electron chi connectivity index (χ2n) is 8.52.